The van der Waals surface area contributed by atoms with Gasteiger partial charge in [-0.25, -0.2) is 0 Å². The lowest BCUT2D eigenvalue weighted by atomic mass is 10.2. The Morgan fingerprint density at radius 3 is 2.57 bits per heavy atom. The summed E-state index contributed by atoms with van der Waals surface area (Å²) in [5.74, 6) is 0.951. The van der Waals surface area contributed by atoms with Crippen molar-refractivity contribution in [3.05, 3.63) is 78.3 Å². The fourth-order valence-electron chi connectivity index (χ4n) is 2.76. The van der Waals surface area contributed by atoms with Crippen LogP contribution in [-0.4, -0.2) is 24.5 Å². The Kier molecular flexibility index (Phi) is 7.10. The lowest BCUT2D eigenvalue weighted by Crippen LogP contribution is -2.23. The van der Waals surface area contributed by atoms with E-state index in [4.69, 9.17) is 9.15 Å². The molecule has 2 aromatic carbocycles. The second-order valence-corrected chi connectivity index (χ2v) is 6.94. The van der Waals surface area contributed by atoms with Gasteiger partial charge in [-0.05, 0) is 56.3 Å². The van der Waals surface area contributed by atoms with Crippen molar-refractivity contribution in [2.24, 2.45) is 0 Å². The lowest BCUT2D eigenvalue weighted by molar-refractivity contribution is -0.114. The van der Waals surface area contributed by atoms with E-state index in [1.54, 1.807) is 54.8 Å². The summed E-state index contributed by atoms with van der Waals surface area (Å²) < 4.78 is 10.8. The monoisotopic (exact) mass is 407 g/mol. The molecule has 1 heterocycles. The molecule has 0 atom stereocenters. The van der Waals surface area contributed by atoms with Crippen LogP contribution < -0.4 is 20.7 Å². The first-order chi connectivity index (χ1) is 14.5. The molecule has 0 saturated carbocycles. The van der Waals surface area contributed by atoms with E-state index >= 15 is 0 Å². The Labute approximate surface area is 175 Å². The van der Waals surface area contributed by atoms with Gasteiger partial charge in [0.1, 0.15) is 11.5 Å². The van der Waals surface area contributed by atoms with Gasteiger partial charge in [-0.1, -0.05) is 12.1 Å². The Balaban J connectivity index is 1.51. The van der Waals surface area contributed by atoms with Gasteiger partial charge in [0, 0.05) is 23.0 Å². The molecule has 0 aliphatic heterocycles. The van der Waals surface area contributed by atoms with Crippen molar-refractivity contribution in [1.82, 2.24) is 5.32 Å². The number of furan rings is 1. The van der Waals surface area contributed by atoms with E-state index in [1.165, 1.54) is 0 Å². The number of hydrogen-bond acceptors (Lipinski definition) is 5. The van der Waals surface area contributed by atoms with Gasteiger partial charge in [0.25, 0.3) is 5.91 Å². The van der Waals surface area contributed by atoms with E-state index in [1.807, 2.05) is 26.0 Å². The van der Waals surface area contributed by atoms with E-state index < -0.39 is 0 Å². The highest BCUT2D eigenvalue weighted by Crippen LogP contribution is 2.18. The number of anilines is 2. The highest BCUT2D eigenvalue weighted by atomic mass is 16.5. The molecule has 3 N–H and O–H groups in total. The molecule has 0 aliphatic carbocycles. The van der Waals surface area contributed by atoms with Gasteiger partial charge in [0.2, 0.25) is 5.91 Å². The van der Waals surface area contributed by atoms with Crippen LogP contribution in [0.2, 0.25) is 0 Å². The normalized spacial score (nSPS) is 10.5. The summed E-state index contributed by atoms with van der Waals surface area (Å²) in [5, 5.41) is 8.66. The second kappa shape index (κ2) is 10.2. The molecule has 30 heavy (non-hydrogen) atoms. The van der Waals surface area contributed by atoms with Crippen LogP contribution in [0.1, 0.15) is 30.0 Å². The fourth-order valence-corrected chi connectivity index (χ4v) is 2.76. The van der Waals surface area contributed by atoms with E-state index in [2.05, 4.69) is 16.0 Å². The van der Waals surface area contributed by atoms with Gasteiger partial charge in [-0.15, -0.1) is 0 Å². The van der Waals surface area contributed by atoms with E-state index in [9.17, 15) is 9.59 Å². The van der Waals surface area contributed by atoms with Gasteiger partial charge in [0.15, 0.2) is 0 Å². The summed E-state index contributed by atoms with van der Waals surface area (Å²) in [4.78, 5) is 24.6. The van der Waals surface area contributed by atoms with Crippen molar-refractivity contribution in [2.45, 2.75) is 26.5 Å². The largest absolute Gasteiger partial charge is 0.491 e. The van der Waals surface area contributed by atoms with Crippen LogP contribution >= 0.6 is 0 Å². The first-order valence-corrected chi connectivity index (χ1v) is 9.70. The van der Waals surface area contributed by atoms with Crippen LogP contribution in [-0.2, 0) is 11.3 Å². The third-order valence-corrected chi connectivity index (χ3v) is 4.07. The molecule has 2 amide bonds. The molecular formula is C23H25N3O4. The minimum absolute atomic E-state index is 0.0566. The van der Waals surface area contributed by atoms with Crippen molar-refractivity contribution < 1.29 is 18.7 Å². The highest BCUT2D eigenvalue weighted by molar-refractivity contribution is 5.96. The average Bonchev–Trinajstić information content (AvgIpc) is 3.24. The third kappa shape index (κ3) is 6.41. The first kappa shape index (κ1) is 21.0. The summed E-state index contributed by atoms with van der Waals surface area (Å²) in [6, 6.07) is 17.8. The summed E-state index contributed by atoms with van der Waals surface area (Å²) >= 11 is 0. The molecule has 0 bridgehead atoms. The molecule has 1 aromatic heterocycles. The van der Waals surface area contributed by atoms with Crippen molar-refractivity contribution >= 4 is 23.2 Å². The van der Waals surface area contributed by atoms with Crippen molar-refractivity contribution in [3.63, 3.8) is 0 Å². The lowest BCUT2D eigenvalue weighted by Gasteiger charge is -2.12. The van der Waals surface area contributed by atoms with Crippen molar-refractivity contribution in [2.75, 3.05) is 17.2 Å². The van der Waals surface area contributed by atoms with Crippen molar-refractivity contribution in [1.29, 1.82) is 0 Å². The zero-order chi connectivity index (χ0) is 21.3. The van der Waals surface area contributed by atoms with Gasteiger partial charge in [-0.3, -0.25) is 9.59 Å². The molecule has 0 spiro atoms. The second-order valence-electron chi connectivity index (χ2n) is 6.94. The van der Waals surface area contributed by atoms with Crippen LogP contribution in [0.25, 0.3) is 0 Å². The number of ether oxygens (including phenoxy) is 1. The number of rotatable bonds is 9. The maximum absolute atomic E-state index is 12.3. The predicted molar refractivity (Wildman–Crippen MR) is 116 cm³/mol. The number of nitrogens with one attached hydrogen (secondary N) is 3. The molecule has 7 nitrogen and oxygen atoms in total. The maximum Gasteiger partial charge on any atom is 0.251 e. The maximum atomic E-state index is 12.3. The van der Waals surface area contributed by atoms with E-state index in [0.29, 0.717) is 35.0 Å². The Bertz CT molecular complexity index is 984. The van der Waals surface area contributed by atoms with Gasteiger partial charge < -0.3 is 25.1 Å². The zero-order valence-corrected chi connectivity index (χ0v) is 17.0. The number of hydrogen-bond donors (Lipinski definition) is 3. The number of carbonyl (C=O) groups excluding carboxylic acids is 2. The SMILES string of the molecule is CC(C)Oc1cccc(NC(=O)CNc2cccc(C(=O)NCc3ccco3)c2)c1. The summed E-state index contributed by atoms with van der Waals surface area (Å²) in [5.41, 5.74) is 1.82. The summed E-state index contributed by atoms with van der Waals surface area (Å²) in [7, 11) is 0. The molecule has 0 fully saturated rings. The fraction of sp³-hybridized carbons (Fsp3) is 0.217. The van der Waals surface area contributed by atoms with Gasteiger partial charge in [0.05, 0.1) is 25.5 Å². The van der Waals surface area contributed by atoms with Crippen LogP contribution in [0.5, 0.6) is 5.75 Å². The van der Waals surface area contributed by atoms with Gasteiger partial charge in [-0.2, -0.15) is 0 Å². The predicted octanol–water partition coefficient (Wildman–Crippen LogP) is 4.05. The van der Waals surface area contributed by atoms with Gasteiger partial charge >= 0.3 is 0 Å². The Morgan fingerprint density at radius 2 is 1.80 bits per heavy atom. The molecule has 0 unspecified atom stereocenters. The molecule has 0 saturated heterocycles. The molecule has 7 heteroatoms. The van der Waals surface area contributed by atoms with Crippen LogP contribution in [0.4, 0.5) is 11.4 Å². The highest BCUT2D eigenvalue weighted by Gasteiger charge is 2.08. The average molecular weight is 407 g/mol. The van der Waals surface area contributed by atoms with Crippen molar-refractivity contribution in [3.8, 4) is 5.75 Å². The molecule has 0 radical (unpaired) electrons. The van der Waals surface area contributed by atoms with Crippen LogP contribution in [0.3, 0.4) is 0 Å². The Morgan fingerprint density at radius 1 is 1.00 bits per heavy atom. The summed E-state index contributed by atoms with van der Waals surface area (Å²) in [6.07, 6.45) is 1.62. The number of carbonyl (C=O) groups is 2. The molecule has 3 rings (SSSR count). The van der Waals surface area contributed by atoms with Crippen LogP contribution in [0, 0.1) is 0 Å². The smallest absolute Gasteiger partial charge is 0.251 e. The first-order valence-electron chi connectivity index (χ1n) is 9.70. The topological polar surface area (TPSA) is 92.6 Å². The summed E-state index contributed by atoms with van der Waals surface area (Å²) in [6.45, 7) is 4.26. The Hall–Kier alpha value is -3.74. The van der Waals surface area contributed by atoms with Crippen LogP contribution in [0.15, 0.2) is 71.3 Å². The number of amides is 2. The quantitative estimate of drug-likeness (QED) is 0.498. The van der Waals surface area contributed by atoms with E-state index in [0.717, 1.165) is 0 Å². The standard InChI is InChI=1S/C23H25N3O4/c1-16(2)30-20-9-4-8-19(13-20)26-22(27)15-24-18-7-3-6-17(12-18)23(28)25-14-21-10-5-11-29-21/h3-13,16,24H,14-15H2,1-2H3,(H,25,28)(H,26,27). The minimum atomic E-state index is -0.221. The third-order valence-electron chi connectivity index (χ3n) is 4.07. The molecular weight excluding hydrogens is 382 g/mol. The molecule has 156 valence electrons. The number of benzene rings is 2. The molecule has 0 aliphatic rings. The zero-order valence-electron chi connectivity index (χ0n) is 17.0. The molecule has 3 aromatic rings. The van der Waals surface area contributed by atoms with E-state index in [-0.39, 0.29) is 24.5 Å². The minimum Gasteiger partial charge on any atom is -0.491 e.